The third-order valence-electron chi connectivity index (χ3n) is 4.33. The molecule has 1 fully saturated rings. The Bertz CT molecular complexity index is 792. The standard InChI is InChI=1S/C18H19FN4OS/c19-14-5-4-6-15(11-14)23-10-9-21-17(23)25-12-16(24)22-18(13-20)7-2-1-3-8-18/h4-6,9-11H,1-3,7-8,12H2,(H,22,24). The van der Waals surface area contributed by atoms with E-state index >= 15 is 0 Å². The number of halogens is 1. The first-order valence-electron chi connectivity index (χ1n) is 8.26. The minimum Gasteiger partial charge on any atom is -0.337 e. The Morgan fingerprint density at radius 3 is 2.92 bits per heavy atom. The van der Waals surface area contributed by atoms with E-state index in [1.165, 1.54) is 23.9 Å². The Balaban J connectivity index is 1.64. The SMILES string of the molecule is N#CC1(NC(=O)CSc2nccn2-c2cccc(F)c2)CCCCC1. The van der Waals surface area contributed by atoms with Crippen LogP contribution < -0.4 is 5.32 Å². The van der Waals surface area contributed by atoms with Gasteiger partial charge >= 0.3 is 0 Å². The molecule has 1 saturated carbocycles. The van der Waals surface area contributed by atoms with Gasteiger partial charge in [-0.3, -0.25) is 9.36 Å². The Hall–Kier alpha value is -2.33. The summed E-state index contributed by atoms with van der Waals surface area (Å²) in [4.78, 5) is 16.5. The molecule has 0 bridgehead atoms. The van der Waals surface area contributed by atoms with Gasteiger partial charge in [0.2, 0.25) is 5.91 Å². The number of rotatable bonds is 5. The van der Waals surface area contributed by atoms with Gasteiger partial charge in [-0.05, 0) is 31.0 Å². The van der Waals surface area contributed by atoms with Gasteiger partial charge in [0.25, 0.3) is 0 Å². The molecule has 2 aromatic rings. The molecule has 130 valence electrons. The van der Waals surface area contributed by atoms with E-state index in [1.807, 2.05) is 0 Å². The molecule has 3 rings (SSSR count). The number of amides is 1. The summed E-state index contributed by atoms with van der Waals surface area (Å²) in [7, 11) is 0. The van der Waals surface area contributed by atoms with Crippen molar-refractivity contribution in [3.8, 4) is 11.8 Å². The molecule has 1 heterocycles. The molecular weight excluding hydrogens is 339 g/mol. The molecule has 1 aromatic heterocycles. The molecule has 1 aromatic carbocycles. The van der Waals surface area contributed by atoms with Crippen LogP contribution in [-0.4, -0.2) is 26.8 Å². The Morgan fingerprint density at radius 1 is 1.40 bits per heavy atom. The number of hydrogen-bond acceptors (Lipinski definition) is 4. The number of nitrogens with one attached hydrogen (secondary N) is 1. The predicted molar refractivity (Wildman–Crippen MR) is 93.8 cm³/mol. The van der Waals surface area contributed by atoms with Gasteiger partial charge in [0.05, 0.1) is 17.5 Å². The smallest absolute Gasteiger partial charge is 0.231 e. The van der Waals surface area contributed by atoms with E-state index in [-0.39, 0.29) is 17.5 Å². The maximum Gasteiger partial charge on any atom is 0.231 e. The molecule has 0 atom stereocenters. The zero-order valence-corrected chi connectivity index (χ0v) is 14.6. The lowest BCUT2D eigenvalue weighted by molar-refractivity contribution is -0.120. The monoisotopic (exact) mass is 358 g/mol. The van der Waals surface area contributed by atoms with Crippen LogP contribution in [0.3, 0.4) is 0 Å². The maximum atomic E-state index is 13.4. The first-order valence-corrected chi connectivity index (χ1v) is 9.25. The Morgan fingerprint density at radius 2 is 2.20 bits per heavy atom. The second kappa shape index (κ2) is 7.70. The molecule has 1 aliphatic rings. The highest BCUT2D eigenvalue weighted by atomic mass is 32.2. The number of carbonyl (C=O) groups excluding carboxylic acids is 1. The third-order valence-corrected chi connectivity index (χ3v) is 5.29. The lowest BCUT2D eigenvalue weighted by Gasteiger charge is -2.31. The van der Waals surface area contributed by atoms with Crippen LogP contribution in [0.4, 0.5) is 4.39 Å². The van der Waals surface area contributed by atoms with Crippen LogP contribution >= 0.6 is 11.8 Å². The van der Waals surface area contributed by atoms with Crippen LogP contribution in [0.2, 0.25) is 0 Å². The quantitative estimate of drug-likeness (QED) is 0.831. The van der Waals surface area contributed by atoms with E-state index in [0.717, 1.165) is 19.3 Å². The number of hydrogen-bond donors (Lipinski definition) is 1. The first kappa shape index (κ1) is 17.5. The van der Waals surface area contributed by atoms with E-state index in [4.69, 9.17) is 0 Å². The molecule has 25 heavy (non-hydrogen) atoms. The van der Waals surface area contributed by atoms with E-state index in [9.17, 15) is 14.4 Å². The van der Waals surface area contributed by atoms with Gasteiger partial charge in [0.15, 0.2) is 5.16 Å². The van der Waals surface area contributed by atoms with Gasteiger partial charge in [-0.15, -0.1) is 0 Å². The van der Waals surface area contributed by atoms with Gasteiger partial charge in [-0.25, -0.2) is 9.37 Å². The van der Waals surface area contributed by atoms with Crippen LogP contribution in [0, 0.1) is 17.1 Å². The van der Waals surface area contributed by atoms with Crippen molar-refractivity contribution in [1.29, 1.82) is 5.26 Å². The summed E-state index contributed by atoms with van der Waals surface area (Å²) in [5.41, 5.74) is -0.0744. The number of thioether (sulfide) groups is 1. The summed E-state index contributed by atoms with van der Waals surface area (Å²) >= 11 is 1.27. The highest BCUT2D eigenvalue weighted by Crippen LogP contribution is 2.28. The van der Waals surface area contributed by atoms with E-state index < -0.39 is 5.54 Å². The average Bonchev–Trinajstić information content (AvgIpc) is 3.09. The number of benzene rings is 1. The lowest BCUT2D eigenvalue weighted by Crippen LogP contribution is -2.49. The molecule has 1 N–H and O–H groups in total. The van der Waals surface area contributed by atoms with Gasteiger partial charge in [0.1, 0.15) is 11.4 Å². The Labute approximate surface area is 150 Å². The van der Waals surface area contributed by atoms with Crippen LogP contribution in [0.1, 0.15) is 32.1 Å². The van der Waals surface area contributed by atoms with Crippen molar-refractivity contribution in [2.24, 2.45) is 0 Å². The molecule has 0 spiro atoms. The number of imidazole rings is 1. The van der Waals surface area contributed by atoms with Gasteiger partial charge < -0.3 is 5.32 Å². The maximum absolute atomic E-state index is 13.4. The van der Waals surface area contributed by atoms with Crippen molar-refractivity contribution in [1.82, 2.24) is 14.9 Å². The van der Waals surface area contributed by atoms with E-state index in [0.29, 0.717) is 23.7 Å². The molecule has 5 nitrogen and oxygen atoms in total. The summed E-state index contributed by atoms with van der Waals surface area (Å²) in [6.07, 6.45) is 7.79. The summed E-state index contributed by atoms with van der Waals surface area (Å²) < 4.78 is 15.1. The molecule has 0 unspecified atom stereocenters. The molecular formula is C18H19FN4OS. The predicted octanol–water partition coefficient (Wildman–Crippen LogP) is 3.45. The molecule has 0 saturated heterocycles. The summed E-state index contributed by atoms with van der Waals surface area (Å²) in [6, 6.07) is 8.49. The summed E-state index contributed by atoms with van der Waals surface area (Å²) in [5.74, 6) is -0.342. The van der Waals surface area contributed by atoms with Crippen LogP contribution in [-0.2, 0) is 4.79 Å². The lowest BCUT2D eigenvalue weighted by atomic mass is 9.83. The topological polar surface area (TPSA) is 70.7 Å². The van der Waals surface area contributed by atoms with Gasteiger partial charge in [-0.1, -0.05) is 37.1 Å². The minimum absolute atomic E-state index is 0.162. The second-order valence-corrected chi connectivity index (χ2v) is 7.09. The summed E-state index contributed by atoms with van der Waals surface area (Å²) in [5, 5.41) is 12.9. The normalized spacial score (nSPS) is 16.2. The average molecular weight is 358 g/mol. The number of carbonyl (C=O) groups is 1. The fourth-order valence-corrected chi connectivity index (χ4v) is 3.85. The Kier molecular flexibility index (Phi) is 5.39. The number of aromatic nitrogens is 2. The van der Waals surface area contributed by atoms with Crippen LogP contribution in [0.5, 0.6) is 0 Å². The fourth-order valence-electron chi connectivity index (χ4n) is 3.07. The second-order valence-electron chi connectivity index (χ2n) is 6.15. The number of nitriles is 1. The molecule has 0 radical (unpaired) electrons. The molecule has 7 heteroatoms. The van der Waals surface area contributed by atoms with E-state index in [2.05, 4.69) is 16.4 Å². The van der Waals surface area contributed by atoms with Crippen molar-refractivity contribution in [3.05, 3.63) is 42.5 Å². The molecule has 1 amide bonds. The van der Waals surface area contributed by atoms with Crippen molar-refractivity contribution >= 4 is 17.7 Å². The van der Waals surface area contributed by atoms with Crippen molar-refractivity contribution in [3.63, 3.8) is 0 Å². The highest BCUT2D eigenvalue weighted by Gasteiger charge is 2.33. The van der Waals surface area contributed by atoms with Crippen molar-refractivity contribution in [2.75, 3.05) is 5.75 Å². The summed E-state index contributed by atoms with van der Waals surface area (Å²) in [6.45, 7) is 0. The van der Waals surface area contributed by atoms with Gasteiger partial charge in [0, 0.05) is 12.4 Å². The minimum atomic E-state index is -0.728. The van der Waals surface area contributed by atoms with E-state index in [1.54, 1.807) is 29.1 Å². The van der Waals surface area contributed by atoms with Crippen LogP contribution in [0.15, 0.2) is 41.8 Å². The highest BCUT2D eigenvalue weighted by molar-refractivity contribution is 7.99. The third kappa shape index (κ3) is 4.20. The first-order chi connectivity index (χ1) is 12.1. The van der Waals surface area contributed by atoms with Crippen molar-refractivity contribution < 1.29 is 9.18 Å². The largest absolute Gasteiger partial charge is 0.337 e. The van der Waals surface area contributed by atoms with Gasteiger partial charge in [-0.2, -0.15) is 5.26 Å². The van der Waals surface area contributed by atoms with Crippen molar-refractivity contribution in [2.45, 2.75) is 42.8 Å². The van der Waals surface area contributed by atoms with Crippen LogP contribution in [0.25, 0.3) is 5.69 Å². The fraction of sp³-hybridized carbons (Fsp3) is 0.389. The zero-order chi connectivity index (χ0) is 17.7. The number of nitrogens with zero attached hydrogens (tertiary/aromatic N) is 3. The zero-order valence-electron chi connectivity index (χ0n) is 13.7. The molecule has 1 aliphatic carbocycles. The molecule has 0 aliphatic heterocycles.